The summed E-state index contributed by atoms with van der Waals surface area (Å²) < 4.78 is 6.70. The zero-order valence-electron chi connectivity index (χ0n) is 22.8. The van der Waals surface area contributed by atoms with E-state index < -0.39 is 17.7 Å². The highest BCUT2D eigenvalue weighted by Gasteiger charge is 2.48. The number of carbonyl (C=O) groups excluding carboxylic acids is 2. The first-order chi connectivity index (χ1) is 18.6. The van der Waals surface area contributed by atoms with Crippen LogP contribution in [0.15, 0.2) is 72.3 Å². The van der Waals surface area contributed by atoms with Gasteiger partial charge in [0.2, 0.25) is 0 Å². The van der Waals surface area contributed by atoms with Gasteiger partial charge in [0.05, 0.1) is 28.4 Å². The van der Waals surface area contributed by atoms with Crippen molar-refractivity contribution in [3.05, 3.63) is 94.6 Å². The topological polar surface area (TPSA) is 79.7 Å². The summed E-state index contributed by atoms with van der Waals surface area (Å²) in [6.07, 6.45) is 0. The maximum atomic E-state index is 13.6. The first-order valence-electron chi connectivity index (χ1n) is 13.1. The fourth-order valence-corrected chi connectivity index (χ4v) is 5.74. The number of aliphatic hydroxyl groups excluding tert-OH is 1. The molecular formula is C32H32N2O4S. The third-order valence-corrected chi connectivity index (χ3v) is 7.80. The Bertz CT molecular complexity index is 1580. The molecule has 5 rings (SSSR count). The van der Waals surface area contributed by atoms with Crippen LogP contribution in [0.1, 0.15) is 61.9 Å². The first-order valence-corrected chi connectivity index (χ1v) is 14.0. The van der Waals surface area contributed by atoms with Crippen LogP contribution in [0.2, 0.25) is 0 Å². The summed E-state index contributed by atoms with van der Waals surface area (Å²) >= 11 is 1.37. The largest absolute Gasteiger partial charge is 0.507 e. The van der Waals surface area contributed by atoms with E-state index in [1.807, 2.05) is 43.3 Å². The molecule has 1 N–H and O–H groups in total. The van der Waals surface area contributed by atoms with Crippen molar-refractivity contribution < 1.29 is 19.4 Å². The molecule has 3 aromatic carbocycles. The molecule has 0 spiro atoms. The monoisotopic (exact) mass is 540 g/mol. The Morgan fingerprint density at radius 3 is 2.44 bits per heavy atom. The number of thiazole rings is 1. The van der Waals surface area contributed by atoms with Crippen LogP contribution in [0.3, 0.4) is 0 Å². The van der Waals surface area contributed by atoms with Crippen molar-refractivity contribution in [1.82, 2.24) is 4.98 Å². The lowest BCUT2D eigenvalue weighted by molar-refractivity contribution is -0.132. The number of amides is 1. The second-order valence-electron chi connectivity index (χ2n) is 10.7. The van der Waals surface area contributed by atoms with Crippen LogP contribution in [0.4, 0.5) is 5.13 Å². The van der Waals surface area contributed by atoms with Gasteiger partial charge in [0.15, 0.2) is 5.13 Å². The molecule has 0 aliphatic carbocycles. The zero-order chi connectivity index (χ0) is 27.8. The molecule has 6 nitrogen and oxygen atoms in total. The van der Waals surface area contributed by atoms with E-state index >= 15 is 0 Å². The summed E-state index contributed by atoms with van der Waals surface area (Å²) in [5, 5.41) is 11.9. The van der Waals surface area contributed by atoms with Gasteiger partial charge in [-0.25, -0.2) is 4.98 Å². The molecule has 1 saturated heterocycles. The Labute approximate surface area is 232 Å². The van der Waals surface area contributed by atoms with E-state index in [9.17, 15) is 14.7 Å². The lowest BCUT2D eigenvalue weighted by atomic mass is 9.94. The maximum Gasteiger partial charge on any atom is 0.301 e. The average Bonchev–Trinajstić information content (AvgIpc) is 3.45. The van der Waals surface area contributed by atoms with Crippen LogP contribution in [0.5, 0.6) is 5.75 Å². The van der Waals surface area contributed by atoms with E-state index in [1.165, 1.54) is 21.8 Å². The first kappa shape index (κ1) is 26.6. The van der Waals surface area contributed by atoms with Crippen LogP contribution in [-0.4, -0.2) is 28.4 Å². The van der Waals surface area contributed by atoms with Crippen LogP contribution < -0.4 is 9.64 Å². The number of hydrogen-bond acceptors (Lipinski definition) is 6. The summed E-state index contributed by atoms with van der Waals surface area (Å²) in [6, 6.07) is 19.8. The van der Waals surface area contributed by atoms with Crippen molar-refractivity contribution in [3.63, 3.8) is 0 Å². The molecule has 200 valence electrons. The Hall–Kier alpha value is -3.97. The predicted molar refractivity (Wildman–Crippen MR) is 156 cm³/mol. The van der Waals surface area contributed by atoms with Crippen LogP contribution in [0, 0.1) is 12.8 Å². The molecule has 0 bridgehead atoms. The van der Waals surface area contributed by atoms with Gasteiger partial charge in [0.1, 0.15) is 11.5 Å². The van der Waals surface area contributed by atoms with E-state index in [4.69, 9.17) is 9.72 Å². The summed E-state index contributed by atoms with van der Waals surface area (Å²) in [6.45, 7) is 10.9. The molecular weight excluding hydrogens is 508 g/mol. The summed E-state index contributed by atoms with van der Waals surface area (Å²) in [5.74, 6) is -0.261. The third-order valence-electron chi connectivity index (χ3n) is 6.79. The number of fused-ring (bicyclic) bond motifs is 1. The molecule has 39 heavy (non-hydrogen) atoms. The number of anilines is 1. The van der Waals surface area contributed by atoms with E-state index in [2.05, 4.69) is 33.8 Å². The fraction of sp³-hybridized carbons (Fsp3) is 0.281. The average molecular weight is 541 g/mol. The number of nitrogens with zero attached hydrogens (tertiary/aromatic N) is 2. The number of Topliss-reactive ketones (excluding diaryl/α,β-unsaturated/α-hetero) is 1. The number of benzene rings is 3. The van der Waals surface area contributed by atoms with Crippen molar-refractivity contribution in [2.24, 2.45) is 5.92 Å². The summed E-state index contributed by atoms with van der Waals surface area (Å²) in [4.78, 5) is 33.2. The molecule has 1 aromatic heterocycles. The number of rotatable bonds is 7. The second-order valence-corrected chi connectivity index (χ2v) is 11.7. The van der Waals surface area contributed by atoms with E-state index in [-0.39, 0.29) is 11.3 Å². The molecule has 2 heterocycles. The Kier molecular flexibility index (Phi) is 7.28. The van der Waals surface area contributed by atoms with Crippen LogP contribution in [0.25, 0.3) is 16.0 Å². The number of aryl methyl sites for hydroxylation is 1. The smallest absolute Gasteiger partial charge is 0.301 e. The lowest BCUT2D eigenvalue weighted by Gasteiger charge is -2.23. The number of hydrogen-bond donors (Lipinski definition) is 1. The third kappa shape index (κ3) is 5.19. The minimum Gasteiger partial charge on any atom is -0.507 e. The molecule has 1 amide bonds. The predicted octanol–water partition coefficient (Wildman–Crippen LogP) is 7.39. The van der Waals surface area contributed by atoms with Gasteiger partial charge >= 0.3 is 5.91 Å². The number of aliphatic hydroxyl groups is 1. The van der Waals surface area contributed by atoms with Crippen LogP contribution >= 0.6 is 11.3 Å². The Balaban J connectivity index is 1.62. The lowest BCUT2D eigenvalue weighted by Crippen LogP contribution is -2.29. The quantitative estimate of drug-likeness (QED) is 0.150. The Morgan fingerprint density at radius 1 is 1.03 bits per heavy atom. The molecule has 1 aliphatic heterocycles. The van der Waals surface area contributed by atoms with Crippen molar-refractivity contribution in [2.45, 2.75) is 46.6 Å². The van der Waals surface area contributed by atoms with Gasteiger partial charge in [-0.05, 0) is 66.3 Å². The summed E-state index contributed by atoms with van der Waals surface area (Å²) in [5.41, 5.74) is 4.14. The van der Waals surface area contributed by atoms with Gasteiger partial charge in [-0.15, -0.1) is 0 Å². The molecule has 7 heteroatoms. The molecule has 4 aromatic rings. The second kappa shape index (κ2) is 10.7. The number of ether oxygens (including phenoxy) is 1. The Morgan fingerprint density at radius 2 is 1.77 bits per heavy atom. The van der Waals surface area contributed by atoms with E-state index in [0.29, 0.717) is 34.9 Å². The molecule has 1 fully saturated rings. The molecule has 1 atom stereocenters. The van der Waals surface area contributed by atoms with Gasteiger partial charge in [0, 0.05) is 5.56 Å². The number of ketones is 1. The van der Waals surface area contributed by atoms with E-state index in [0.717, 1.165) is 21.3 Å². The molecule has 0 saturated carbocycles. The van der Waals surface area contributed by atoms with Gasteiger partial charge < -0.3 is 9.84 Å². The maximum absolute atomic E-state index is 13.6. The molecule has 0 radical (unpaired) electrons. The van der Waals surface area contributed by atoms with Crippen molar-refractivity contribution >= 4 is 44.1 Å². The van der Waals surface area contributed by atoms with Crippen LogP contribution in [-0.2, 0) is 9.59 Å². The highest BCUT2D eigenvalue weighted by molar-refractivity contribution is 7.22. The van der Waals surface area contributed by atoms with Crippen molar-refractivity contribution in [1.29, 1.82) is 0 Å². The highest BCUT2D eigenvalue weighted by Crippen LogP contribution is 2.44. The summed E-state index contributed by atoms with van der Waals surface area (Å²) in [7, 11) is 0. The normalized spacial score (nSPS) is 17.1. The zero-order valence-corrected chi connectivity index (χ0v) is 23.6. The number of carbonyl (C=O) groups is 2. The number of aromatic nitrogens is 1. The fourth-order valence-electron chi connectivity index (χ4n) is 4.70. The standard InChI is InChI=1S/C32H32N2O4S/c1-18(2)17-38-24-12-9-21(10-13-24)29(35)27-28(23-8-6-7-20(5)15-23)34(31(37)30(27)36)32-33-25-14-11-22(19(3)4)16-26(25)39-32/h6-16,18-19,28,35H,17H2,1-5H3/b29-27+. The molecule has 1 aliphatic rings. The highest BCUT2D eigenvalue weighted by atomic mass is 32.1. The van der Waals surface area contributed by atoms with E-state index in [1.54, 1.807) is 24.3 Å². The molecule has 1 unspecified atom stereocenters. The van der Waals surface area contributed by atoms with Crippen molar-refractivity contribution in [3.8, 4) is 5.75 Å². The van der Waals surface area contributed by atoms with Gasteiger partial charge in [0.25, 0.3) is 5.78 Å². The minimum atomic E-state index is -0.813. The SMILES string of the molecule is Cc1cccc(C2/C(=C(\O)c3ccc(OCC(C)C)cc3)C(=O)C(=O)N2c2nc3ccc(C(C)C)cc3s2)c1. The van der Waals surface area contributed by atoms with Gasteiger partial charge in [-0.1, -0.05) is 74.9 Å². The van der Waals surface area contributed by atoms with Gasteiger partial charge in [-0.2, -0.15) is 0 Å². The minimum absolute atomic E-state index is 0.0450. The van der Waals surface area contributed by atoms with Crippen molar-refractivity contribution in [2.75, 3.05) is 11.5 Å². The van der Waals surface area contributed by atoms with Gasteiger partial charge in [-0.3, -0.25) is 14.5 Å².